The zero-order valence-corrected chi connectivity index (χ0v) is 45.7. The van der Waals surface area contributed by atoms with Crippen LogP contribution in [0.1, 0.15) is 239 Å². The maximum absolute atomic E-state index is 12.8. The first kappa shape index (κ1) is 66.6. The van der Waals surface area contributed by atoms with E-state index in [9.17, 15) is 14.4 Å². The van der Waals surface area contributed by atoms with Crippen LogP contribution in [0.15, 0.2) is 134 Å². The molecule has 0 N–H and O–H groups in total. The van der Waals surface area contributed by atoms with Gasteiger partial charge in [0.15, 0.2) is 6.10 Å². The highest BCUT2D eigenvalue weighted by atomic mass is 16.6. The lowest BCUT2D eigenvalue weighted by atomic mass is 10.0. The smallest absolute Gasteiger partial charge is 0.306 e. The van der Waals surface area contributed by atoms with Gasteiger partial charge in [-0.25, -0.2) is 0 Å². The van der Waals surface area contributed by atoms with E-state index in [1.807, 2.05) is 0 Å². The summed E-state index contributed by atoms with van der Waals surface area (Å²) in [5.74, 6) is -0.953. The van der Waals surface area contributed by atoms with Gasteiger partial charge in [-0.2, -0.15) is 0 Å². The Balaban J connectivity index is 4.21. The lowest BCUT2D eigenvalue weighted by Gasteiger charge is -2.18. The maximum atomic E-state index is 12.8. The number of carbonyl (C=O) groups is 3. The Bertz CT molecular complexity index is 1550. The lowest BCUT2D eigenvalue weighted by Crippen LogP contribution is -2.30. The minimum Gasteiger partial charge on any atom is -0.462 e. The SMILES string of the molecule is CC/C=C\C/C=C\C/C=C\C/C=C\C/C=C\C/C=C\C/C=C\CCCCCC(=O)OCC(COC(=O)CCCCCCC)OC(=O)CCCCCCCCCCCC/C=C\C/C=C\C/C=C\C/C=C\CC. The van der Waals surface area contributed by atoms with Crippen molar-refractivity contribution in [1.82, 2.24) is 0 Å². The second kappa shape index (κ2) is 58.1. The molecule has 0 fully saturated rings. The summed E-state index contributed by atoms with van der Waals surface area (Å²) >= 11 is 0. The summed E-state index contributed by atoms with van der Waals surface area (Å²) in [5.41, 5.74) is 0. The summed E-state index contributed by atoms with van der Waals surface area (Å²) in [7, 11) is 0. The van der Waals surface area contributed by atoms with E-state index in [1.54, 1.807) is 0 Å². The van der Waals surface area contributed by atoms with Crippen LogP contribution < -0.4 is 0 Å². The Kier molecular flexibility index (Phi) is 54.5. The third-order valence-electron chi connectivity index (χ3n) is 11.7. The third kappa shape index (κ3) is 56.3. The standard InChI is InChI=1S/C65H104O6/c1-4-7-10-13-15-17-19-21-23-25-27-29-31-32-34-35-37-39-41-43-45-47-49-52-55-58-64(67)70-61-62(60-69-63(66)57-54-51-12-9-6-3)71-65(68)59-56-53-50-48-46-44-42-40-38-36-33-30-28-26-24-22-20-18-16-14-11-8-5-2/h7-8,10-11,15-18,21-24,27-30,32,34,37,39,43,45,62H,4-6,9,12-14,19-20,25-26,31,33,35-36,38,40-42,44,46-61H2,1-3H3/b10-7-,11-8-,17-15-,18-16-,23-21-,24-22-,29-27-,30-28-,34-32-,39-37-,45-43-. The first-order valence-electron chi connectivity index (χ1n) is 28.7. The van der Waals surface area contributed by atoms with E-state index in [2.05, 4.69) is 154 Å². The van der Waals surface area contributed by atoms with Crippen LogP contribution in [0, 0.1) is 0 Å². The van der Waals surface area contributed by atoms with E-state index in [0.717, 1.165) is 148 Å². The molecule has 71 heavy (non-hydrogen) atoms. The number of hydrogen-bond acceptors (Lipinski definition) is 6. The molecule has 0 saturated heterocycles. The Morgan fingerprint density at radius 2 is 0.549 bits per heavy atom. The number of ether oxygens (including phenoxy) is 3. The van der Waals surface area contributed by atoms with E-state index in [0.29, 0.717) is 19.3 Å². The molecule has 0 bridgehead atoms. The fourth-order valence-corrected chi connectivity index (χ4v) is 7.41. The van der Waals surface area contributed by atoms with Crippen molar-refractivity contribution >= 4 is 17.9 Å². The third-order valence-corrected chi connectivity index (χ3v) is 11.7. The van der Waals surface area contributed by atoms with Crippen LogP contribution in [0.5, 0.6) is 0 Å². The average molecular weight is 982 g/mol. The molecule has 0 aromatic rings. The van der Waals surface area contributed by atoms with Crippen LogP contribution in [0.4, 0.5) is 0 Å². The molecule has 0 aliphatic heterocycles. The van der Waals surface area contributed by atoms with Crippen molar-refractivity contribution < 1.29 is 28.6 Å². The summed E-state index contributed by atoms with van der Waals surface area (Å²) in [4.78, 5) is 37.8. The molecule has 0 aliphatic carbocycles. The van der Waals surface area contributed by atoms with Crippen molar-refractivity contribution in [3.8, 4) is 0 Å². The van der Waals surface area contributed by atoms with Crippen molar-refractivity contribution in [2.75, 3.05) is 13.2 Å². The van der Waals surface area contributed by atoms with Crippen LogP contribution in [-0.2, 0) is 28.6 Å². The van der Waals surface area contributed by atoms with E-state index in [1.165, 1.54) is 51.4 Å². The second-order valence-corrected chi connectivity index (χ2v) is 18.4. The van der Waals surface area contributed by atoms with E-state index in [-0.39, 0.29) is 31.1 Å². The summed E-state index contributed by atoms with van der Waals surface area (Å²) in [6.45, 7) is 6.29. The molecule has 0 spiro atoms. The van der Waals surface area contributed by atoms with Gasteiger partial charge in [-0.1, -0.05) is 238 Å². The van der Waals surface area contributed by atoms with Gasteiger partial charge in [0.1, 0.15) is 13.2 Å². The molecule has 6 heteroatoms. The van der Waals surface area contributed by atoms with Gasteiger partial charge < -0.3 is 14.2 Å². The van der Waals surface area contributed by atoms with Gasteiger partial charge in [0.2, 0.25) is 0 Å². The Morgan fingerprint density at radius 3 is 0.873 bits per heavy atom. The van der Waals surface area contributed by atoms with Crippen LogP contribution in [0.25, 0.3) is 0 Å². The number of hydrogen-bond donors (Lipinski definition) is 0. The summed E-state index contributed by atoms with van der Waals surface area (Å²) < 4.78 is 16.7. The Labute approximate surface area is 436 Å². The summed E-state index contributed by atoms with van der Waals surface area (Å²) in [6.07, 6.45) is 82.0. The molecule has 400 valence electrons. The number of unbranched alkanes of at least 4 members (excludes halogenated alkanes) is 17. The molecular weight excluding hydrogens is 877 g/mol. The predicted molar refractivity (Wildman–Crippen MR) is 306 cm³/mol. The first-order chi connectivity index (χ1) is 35.0. The number of esters is 3. The lowest BCUT2D eigenvalue weighted by molar-refractivity contribution is -0.167. The van der Waals surface area contributed by atoms with Gasteiger partial charge in [0, 0.05) is 19.3 Å². The first-order valence-corrected chi connectivity index (χ1v) is 28.7. The summed E-state index contributed by atoms with van der Waals surface area (Å²) in [5, 5.41) is 0. The maximum Gasteiger partial charge on any atom is 0.306 e. The van der Waals surface area contributed by atoms with E-state index in [4.69, 9.17) is 14.2 Å². The molecule has 0 saturated carbocycles. The molecule has 1 unspecified atom stereocenters. The van der Waals surface area contributed by atoms with Gasteiger partial charge in [0.25, 0.3) is 0 Å². The molecule has 0 aliphatic rings. The van der Waals surface area contributed by atoms with Crippen LogP contribution in [-0.4, -0.2) is 37.2 Å². The number of carbonyl (C=O) groups excluding carboxylic acids is 3. The molecule has 0 heterocycles. The fourth-order valence-electron chi connectivity index (χ4n) is 7.41. The largest absolute Gasteiger partial charge is 0.462 e. The van der Waals surface area contributed by atoms with Gasteiger partial charge in [-0.05, 0) is 116 Å². The van der Waals surface area contributed by atoms with Crippen LogP contribution >= 0.6 is 0 Å². The normalized spacial score (nSPS) is 13.1. The van der Waals surface area contributed by atoms with Gasteiger partial charge in [0.05, 0.1) is 0 Å². The molecule has 0 aromatic carbocycles. The fraction of sp³-hybridized carbons (Fsp3) is 0.615. The topological polar surface area (TPSA) is 78.9 Å². The molecule has 0 amide bonds. The van der Waals surface area contributed by atoms with Crippen LogP contribution in [0.2, 0.25) is 0 Å². The molecule has 0 radical (unpaired) electrons. The number of rotatable bonds is 50. The molecule has 6 nitrogen and oxygen atoms in total. The second-order valence-electron chi connectivity index (χ2n) is 18.4. The number of allylic oxidation sites excluding steroid dienone is 22. The molecule has 0 aromatic heterocycles. The minimum absolute atomic E-state index is 0.0951. The molecular formula is C65H104O6. The van der Waals surface area contributed by atoms with Crippen molar-refractivity contribution in [2.24, 2.45) is 0 Å². The minimum atomic E-state index is -0.796. The van der Waals surface area contributed by atoms with E-state index < -0.39 is 6.10 Å². The zero-order chi connectivity index (χ0) is 51.4. The van der Waals surface area contributed by atoms with Crippen molar-refractivity contribution in [1.29, 1.82) is 0 Å². The van der Waals surface area contributed by atoms with Crippen molar-refractivity contribution in [3.05, 3.63) is 134 Å². The highest BCUT2D eigenvalue weighted by Crippen LogP contribution is 2.14. The highest BCUT2D eigenvalue weighted by Gasteiger charge is 2.19. The summed E-state index contributed by atoms with van der Waals surface area (Å²) in [6, 6.07) is 0. The van der Waals surface area contributed by atoms with Crippen molar-refractivity contribution in [3.63, 3.8) is 0 Å². The van der Waals surface area contributed by atoms with Crippen LogP contribution in [0.3, 0.4) is 0 Å². The van der Waals surface area contributed by atoms with Gasteiger partial charge >= 0.3 is 17.9 Å². The monoisotopic (exact) mass is 981 g/mol. The average Bonchev–Trinajstić information content (AvgIpc) is 3.37. The highest BCUT2D eigenvalue weighted by molar-refractivity contribution is 5.71. The molecule has 0 rings (SSSR count). The van der Waals surface area contributed by atoms with Crippen molar-refractivity contribution in [2.45, 2.75) is 245 Å². The van der Waals surface area contributed by atoms with E-state index >= 15 is 0 Å². The quantitative estimate of drug-likeness (QED) is 0.0262. The zero-order valence-electron chi connectivity index (χ0n) is 45.7. The Hall–Kier alpha value is -4.45. The van der Waals surface area contributed by atoms with Gasteiger partial charge in [-0.3, -0.25) is 14.4 Å². The molecule has 1 atom stereocenters. The Morgan fingerprint density at radius 1 is 0.296 bits per heavy atom. The predicted octanol–water partition coefficient (Wildman–Crippen LogP) is 19.4. The van der Waals surface area contributed by atoms with Gasteiger partial charge in [-0.15, -0.1) is 0 Å².